The molecule has 6 heteroatoms. The average molecular weight is 491 g/mol. The van der Waals surface area contributed by atoms with E-state index in [0.717, 1.165) is 32.1 Å². The van der Waals surface area contributed by atoms with Crippen LogP contribution in [-0.2, 0) is 14.4 Å². The summed E-state index contributed by atoms with van der Waals surface area (Å²) in [5.74, 6) is 3.53. The van der Waals surface area contributed by atoms with Gasteiger partial charge in [-0.1, -0.05) is 20.8 Å². The summed E-state index contributed by atoms with van der Waals surface area (Å²) in [5.41, 5.74) is 3.42. The molecule has 0 bridgehead atoms. The zero-order chi connectivity index (χ0) is 25.4. The van der Waals surface area contributed by atoms with Crippen LogP contribution in [0.15, 0.2) is 0 Å². The van der Waals surface area contributed by atoms with Gasteiger partial charge in [-0.2, -0.15) is 5.48 Å². The van der Waals surface area contributed by atoms with Gasteiger partial charge in [-0.3, -0.25) is 14.4 Å². The van der Waals surface area contributed by atoms with Crippen molar-refractivity contribution < 1.29 is 19.5 Å². The van der Waals surface area contributed by atoms with Crippen molar-refractivity contribution in [2.45, 2.75) is 111 Å². The third-order valence-corrected chi connectivity index (χ3v) is 11.2. The number of nitrogens with one attached hydrogen (secondary N) is 2. The Morgan fingerprint density at radius 1 is 1.06 bits per heavy atom. The van der Waals surface area contributed by atoms with Crippen LogP contribution in [0.4, 0.5) is 0 Å². The normalized spacial score (nSPS) is 43.5. The van der Waals surface area contributed by atoms with Gasteiger partial charge in [-0.05, 0) is 118 Å². The molecule has 4 aliphatic rings. The molecule has 0 aromatic carbocycles. The maximum absolute atomic E-state index is 12.1. The molecule has 200 valence electrons. The number of ketones is 1. The molecule has 1 amide bonds. The molecule has 3 N–H and O–H groups in total. The monoisotopic (exact) mass is 490 g/mol. The van der Waals surface area contributed by atoms with Gasteiger partial charge < -0.3 is 10.4 Å². The molecular formula is C29H50N2O4. The fraction of sp³-hybridized carbons (Fsp3) is 0.931. The van der Waals surface area contributed by atoms with Gasteiger partial charge in [-0.15, -0.1) is 0 Å². The van der Waals surface area contributed by atoms with Crippen LogP contribution < -0.4 is 10.8 Å². The minimum Gasteiger partial charge on any atom is -0.393 e. The molecule has 4 saturated carbocycles. The molecule has 0 aromatic heterocycles. The van der Waals surface area contributed by atoms with E-state index >= 15 is 0 Å². The third kappa shape index (κ3) is 5.22. The predicted octanol–water partition coefficient (Wildman–Crippen LogP) is 4.65. The summed E-state index contributed by atoms with van der Waals surface area (Å²) < 4.78 is 0. The molecule has 0 heterocycles. The average Bonchev–Trinajstić information content (AvgIpc) is 3.15. The fourth-order valence-electron chi connectivity index (χ4n) is 9.37. The molecule has 4 unspecified atom stereocenters. The summed E-state index contributed by atoms with van der Waals surface area (Å²) in [6, 6.07) is 0. The predicted molar refractivity (Wildman–Crippen MR) is 137 cm³/mol. The van der Waals surface area contributed by atoms with Crippen molar-refractivity contribution in [1.82, 2.24) is 10.8 Å². The highest BCUT2D eigenvalue weighted by atomic mass is 16.7. The topological polar surface area (TPSA) is 87.7 Å². The second kappa shape index (κ2) is 10.8. The minimum atomic E-state index is -0.226. The first kappa shape index (κ1) is 27.1. The quantitative estimate of drug-likeness (QED) is 0.410. The lowest BCUT2D eigenvalue weighted by Crippen LogP contribution is -2.59. The van der Waals surface area contributed by atoms with Crippen molar-refractivity contribution in [2.24, 2.45) is 46.3 Å². The molecule has 6 nitrogen and oxygen atoms in total. The lowest BCUT2D eigenvalue weighted by atomic mass is 9.43. The van der Waals surface area contributed by atoms with Crippen LogP contribution in [0.5, 0.6) is 0 Å². The van der Waals surface area contributed by atoms with Crippen molar-refractivity contribution in [2.75, 3.05) is 13.1 Å². The number of Topliss-reactive ketones (excluding diaryl/α,β-unsaturated/α-hetero) is 1. The van der Waals surface area contributed by atoms with Crippen molar-refractivity contribution >= 4 is 11.7 Å². The van der Waals surface area contributed by atoms with E-state index < -0.39 is 0 Å². The fourth-order valence-corrected chi connectivity index (χ4v) is 9.37. The Morgan fingerprint density at radius 3 is 2.49 bits per heavy atom. The lowest BCUT2D eigenvalue weighted by Gasteiger charge is -2.62. The zero-order valence-electron chi connectivity index (χ0n) is 22.8. The van der Waals surface area contributed by atoms with Crippen LogP contribution in [0.2, 0.25) is 0 Å². The van der Waals surface area contributed by atoms with Gasteiger partial charge in [0.2, 0.25) is 5.91 Å². The summed E-state index contributed by atoms with van der Waals surface area (Å²) in [5, 5.41) is 14.5. The summed E-state index contributed by atoms with van der Waals surface area (Å²) in [7, 11) is 0. The lowest BCUT2D eigenvalue weighted by molar-refractivity contribution is -0.184. The first-order chi connectivity index (χ1) is 16.6. The number of hydroxylamine groups is 1. The van der Waals surface area contributed by atoms with E-state index in [1.165, 1.54) is 25.7 Å². The van der Waals surface area contributed by atoms with Gasteiger partial charge in [0.1, 0.15) is 5.78 Å². The Kier molecular flexibility index (Phi) is 8.34. The molecule has 4 rings (SSSR count). The molecular weight excluding hydrogens is 440 g/mol. The highest BCUT2D eigenvalue weighted by Crippen LogP contribution is 2.68. The minimum absolute atomic E-state index is 0.0836. The van der Waals surface area contributed by atoms with Gasteiger partial charge in [0.25, 0.3) is 0 Å². The van der Waals surface area contributed by atoms with Crippen LogP contribution in [0.1, 0.15) is 98.8 Å². The molecule has 0 radical (unpaired) electrons. The number of aliphatic hydroxyl groups excluding tert-OH is 1. The number of carbonyl (C=O) groups is 2. The Hall–Kier alpha value is -0.980. The molecule has 4 fully saturated rings. The molecule has 35 heavy (non-hydrogen) atoms. The van der Waals surface area contributed by atoms with E-state index in [-0.39, 0.29) is 41.3 Å². The SMILES string of the molecule is CCNC(=O)CC[C@H](C)C1CCC2C3C(CC[C@@]21C)[C@@]1(C)CC[C@@H](ONCC(C)=O)C[C@H]1C[C@H]3O. The maximum atomic E-state index is 12.1. The Bertz CT molecular complexity index is 774. The Labute approximate surface area is 212 Å². The van der Waals surface area contributed by atoms with Gasteiger partial charge in [0.15, 0.2) is 0 Å². The van der Waals surface area contributed by atoms with Crippen molar-refractivity contribution in [3.05, 3.63) is 0 Å². The van der Waals surface area contributed by atoms with E-state index in [0.29, 0.717) is 48.5 Å². The number of hydrogen-bond donors (Lipinski definition) is 3. The van der Waals surface area contributed by atoms with Crippen LogP contribution in [0, 0.1) is 46.3 Å². The number of fused-ring (bicyclic) bond motifs is 5. The Morgan fingerprint density at radius 2 is 1.77 bits per heavy atom. The van der Waals surface area contributed by atoms with E-state index in [1.807, 2.05) is 6.92 Å². The number of aliphatic hydroxyl groups is 1. The van der Waals surface area contributed by atoms with Crippen LogP contribution in [-0.4, -0.2) is 42.1 Å². The Balaban J connectivity index is 1.42. The number of hydrogen-bond acceptors (Lipinski definition) is 5. The summed E-state index contributed by atoms with van der Waals surface area (Å²) in [6.45, 7) is 11.9. The standard InChI is InChI=1S/C29H50N2O4/c1-6-30-26(34)10-7-18(2)22-8-9-23-27-24(12-14-29(22,23)5)28(4)13-11-21(35-31-17-19(3)32)15-20(28)16-25(27)33/h18,20-25,27,31,33H,6-17H2,1-5H3,(H,30,34)/t18-,20-,21+,22?,23?,24?,25+,27?,28-,29+/m0/s1. The summed E-state index contributed by atoms with van der Waals surface area (Å²) in [6.07, 6.45) is 10.5. The van der Waals surface area contributed by atoms with Gasteiger partial charge in [-0.25, -0.2) is 0 Å². The molecule has 0 spiro atoms. The molecule has 0 aliphatic heterocycles. The highest BCUT2D eigenvalue weighted by Gasteiger charge is 2.62. The van der Waals surface area contributed by atoms with Gasteiger partial charge >= 0.3 is 0 Å². The van der Waals surface area contributed by atoms with E-state index in [1.54, 1.807) is 6.92 Å². The summed E-state index contributed by atoms with van der Waals surface area (Å²) >= 11 is 0. The third-order valence-electron chi connectivity index (χ3n) is 11.2. The van der Waals surface area contributed by atoms with Crippen molar-refractivity contribution in [3.8, 4) is 0 Å². The summed E-state index contributed by atoms with van der Waals surface area (Å²) in [4.78, 5) is 29.2. The van der Waals surface area contributed by atoms with Crippen LogP contribution in [0.25, 0.3) is 0 Å². The van der Waals surface area contributed by atoms with E-state index in [4.69, 9.17) is 4.84 Å². The number of rotatable bonds is 9. The molecule has 4 aliphatic carbocycles. The molecule has 0 aromatic rings. The number of carbonyl (C=O) groups excluding carboxylic acids is 2. The molecule has 0 saturated heterocycles. The van der Waals surface area contributed by atoms with E-state index in [9.17, 15) is 14.7 Å². The smallest absolute Gasteiger partial charge is 0.219 e. The largest absolute Gasteiger partial charge is 0.393 e. The van der Waals surface area contributed by atoms with E-state index in [2.05, 4.69) is 31.6 Å². The van der Waals surface area contributed by atoms with Crippen LogP contribution in [0.3, 0.4) is 0 Å². The van der Waals surface area contributed by atoms with Crippen molar-refractivity contribution in [3.63, 3.8) is 0 Å². The first-order valence-corrected chi connectivity index (χ1v) is 14.4. The first-order valence-electron chi connectivity index (χ1n) is 14.4. The second-order valence-electron chi connectivity index (χ2n) is 13.0. The zero-order valence-corrected chi connectivity index (χ0v) is 22.8. The van der Waals surface area contributed by atoms with Crippen molar-refractivity contribution in [1.29, 1.82) is 0 Å². The molecule has 10 atom stereocenters. The van der Waals surface area contributed by atoms with Crippen LogP contribution >= 0.6 is 0 Å². The van der Waals surface area contributed by atoms with Gasteiger partial charge in [0.05, 0.1) is 18.8 Å². The van der Waals surface area contributed by atoms with Gasteiger partial charge in [0, 0.05) is 13.0 Å². The second-order valence-corrected chi connectivity index (χ2v) is 13.0. The maximum Gasteiger partial charge on any atom is 0.219 e. The highest BCUT2D eigenvalue weighted by molar-refractivity contribution is 5.77. The number of amides is 1.